The van der Waals surface area contributed by atoms with Crippen LogP contribution in [0.1, 0.15) is 22.3 Å². The zero-order chi connectivity index (χ0) is 36.7. The Labute approximate surface area is 319 Å². The molecule has 0 bridgehead atoms. The number of nitrogens with zero attached hydrogens (tertiary/aromatic N) is 2. The van der Waals surface area contributed by atoms with Gasteiger partial charge in [0.2, 0.25) is 0 Å². The maximum absolute atomic E-state index is 2.32. The molecule has 0 saturated carbocycles. The predicted octanol–water partition coefficient (Wildman–Crippen LogP) is 14.7. The second-order valence-corrected chi connectivity index (χ2v) is 13.7. The first-order valence-electron chi connectivity index (χ1n) is 18.5. The lowest BCUT2D eigenvalue weighted by molar-refractivity contribution is 1.26. The molecule has 8 aromatic rings. The first kappa shape index (κ1) is 34.2. The van der Waals surface area contributed by atoms with Crippen molar-refractivity contribution in [3.05, 3.63) is 229 Å². The lowest BCUT2D eigenvalue weighted by atomic mass is 10.0. The summed E-state index contributed by atoms with van der Waals surface area (Å²) in [7, 11) is 0. The highest BCUT2D eigenvalue weighted by Crippen LogP contribution is 2.37. The normalized spacial score (nSPS) is 11.1. The van der Waals surface area contributed by atoms with Crippen molar-refractivity contribution in [2.75, 3.05) is 9.80 Å². The SMILES string of the molecule is Cc1ccc(N(c2ccc(-c3ccc(/C=C/c4ccc(-c5ccc(N(c6ccccc6)c6ccccc6)cc5)cc4)cc3)cc2)c2cccc(C)c2)cc1. The van der Waals surface area contributed by atoms with E-state index in [0.29, 0.717) is 0 Å². The summed E-state index contributed by atoms with van der Waals surface area (Å²) in [4.78, 5) is 4.60. The van der Waals surface area contributed by atoms with Crippen molar-refractivity contribution < 1.29 is 0 Å². The topological polar surface area (TPSA) is 6.48 Å². The Morgan fingerprint density at radius 2 is 0.611 bits per heavy atom. The highest BCUT2D eigenvalue weighted by Gasteiger charge is 2.14. The van der Waals surface area contributed by atoms with Crippen LogP contribution in [-0.2, 0) is 0 Å². The third-order valence-corrected chi connectivity index (χ3v) is 9.79. The van der Waals surface area contributed by atoms with Crippen LogP contribution < -0.4 is 9.80 Å². The van der Waals surface area contributed by atoms with Gasteiger partial charge in [0.15, 0.2) is 0 Å². The molecule has 0 atom stereocenters. The van der Waals surface area contributed by atoms with Crippen LogP contribution in [0, 0.1) is 13.8 Å². The summed E-state index contributed by atoms with van der Waals surface area (Å²) in [5.74, 6) is 0. The fourth-order valence-corrected chi connectivity index (χ4v) is 6.88. The molecule has 0 amide bonds. The molecule has 0 N–H and O–H groups in total. The van der Waals surface area contributed by atoms with E-state index < -0.39 is 0 Å². The summed E-state index contributed by atoms with van der Waals surface area (Å²) in [6.07, 6.45) is 4.36. The smallest absolute Gasteiger partial charge is 0.0464 e. The number of hydrogen-bond donors (Lipinski definition) is 0. The summed E-state index contributed by atoms with van der Waals surface area (Å²) < 4.78 is 0. The number of para-hydroxylation sites is 2. The Balaban J connectivity index is 0.943. The fraction of sp³-hybridized carbons (Fsp3) is 0.0385. The van der Waals surface area contributed by atoms with Crippen LogP contribution in [-0.4, -0.2) is 0 Å². The van der Waals surface area contributed by atoms with E-state index in [1.54, 1.807) is 0 Å². The zero-order valence-corrected chi connectivity index (χ0v) is 30.7. The van der Waals surface area contributed by atoms with Gasteiger partial charge in [-0.2, -0.15) is 0 Å². The van der Waals surface area contributed by atoms with Crippen LogP contribution in [0.2, 0.25) is 0 Å². The van der Waals surface area contributed by atoms with Gasteiger partial charge in [0, 0.05) is 34.1 Å². The molecule has 260 valence electrons. The van der Waals surface area contributed by atoms with Crippen LogP contribution in [0.5, 0.6) is 0 Å². The maximum atomic E-state index is 2.32. The largest absolute Gasteiger partial charge is 0.311 e. The second-order valence-electron chi connectivity index (χ2n) is 13.7. The summed E-state index contributed by atoms with van der Waals surface area (Å²) in [5.41, 5.74) is 16.4. The molecule has 0 unspecified atom stereocenters. The Bertz CT molecular complexity index is 2410. The molecule has 0 spiro atoms. The fourth-order valence-electron chi connectivity index (χ4n) is 6.88. The van der Waals surface area contributed by atoms with E-state index in [9.17, 15) is 0 Å². The van der Waals surface area contributed by atoms with E-state index in [2.05, 4.69) is 242 Å². The molecule has 8 rings (SSSR count). The van der Waals surface area contributed by atoms with E-state index in [-0.39, 0.29) is 0 Å². The van der Waals surface area contributed by atoms with Crippen molar-refractivity contribution in [3.8, 4) is 22.3 Å². The molecule has 0 fully saturated rings. The Kier molecular flexibility index (Phi) is 9.99. The van der Waals surface area contributed by atoms with Gasteiger partial charge in [-0.05, 0) is 126 Å². The van der Waals surface area contributed by atoms with Gasteiger partial charge in [-0.25, -0.2) is 0 Å². The van der Waals surface area contributed by atoms with E-state index in [1.165, 1.54) is 44.5 Å². The summed E-state index contributed by atoms with van der Waals surface area (Å²) in [6, 6.07) is 73.7. The van der Waals surface area contributed by atoms with E-state index in [1.807, 2.05) is 0 Å². The summed E-state index contributed by atoms with van der Waals surface area (Å²) in [6.45, 7) is 4.27. The molecule has 0 radical (unpaired) electrons. The van der Waals surface area contributed by atoms with Crippen LogP contribution in [0.4, 0.5) is 34.1 Å². The van der Waals surface area contributed by atoms with Gasteiger partial charge >= 0.3 is 0 Å². The lowest BCUT2D eigenvalue weighted by Gasteiger charge is -2.26. The Morgan fingerprint density at radius 1 is 0.278 bits per heavy atom. The van der Waals surface area contributed by atoms with Gasteiger partial charge in [-0.3, -0.25) is 0 Å². The molecule has 0 saturated heterocycles. The first-order valence-corrected chi connectivity index (χ1v) is 18.5. The molecule has 0 aliphatic heterocycles. The van der Waals surface area contributed by atoms with Crippen molar-refractivity contribution in [1.82, 2.24) is 0 Å². The van der Waals surface area contributed by atoms with Gasteiger partial charge in [0.25, 0.3) is 0 Å². The summed E-state index contributed by atoms with van der Waals surface area (Å²) in [5, 5.41) is 0. The Hall–Kier alpha value is -6.90. The minimum Gasteiger partial charge on any atom is -0.311 e. The van der Waals surface area contributed by atoms with Gasteiger partial charge in [-0.15, -0.1) is 0 Å². The van der Waals surface area contributed by atoms with Crippen molar-refractivity contribution in [1.29, 1.82) is 0 Å². The van der Waals surface area contributed by atoms with Crippen molar-refractivity contribution in [3.63, 3.8) is 0 Å². The molecule has 0 aliphatic carbocycles. The van der Waals surface area contributed by atoms with Gasteiger partial charge in [0.05, 0.1) is 0 Å². The minimum atomic E-state index is 1.13. The highest BCUT2D eigenvalue weighted by molar-refractivity contribution is 5.81. The van der Waals surface area contributed by atoms with E-state index in [0.717, 1.165) is 34.1 Å². The molecule has 54 heavy (non-hydrogen) atoms. The Morgan fingerprint density at radius 3 is 1.02 bits per heavy atom. The zero-order valence-electron chi connectivity index (χ0n) is 30.7. The van der Waals surface area contributed by atoms with Crippen molar-refractivity contribution in [2.45, 2.75) is 13.8 Å². The number of aryl methyl sites for hydroxylation is 2. The van der Waals surface area contributed by atoms with Gasteiger partial charge in [-0.1, -0.05) is 151 Å². The highest BCUT2D eigenvalue weighted by atomic mass is 15.1. The standard InChI is InChI=1S/C52H42N2/c1-39-16-32-49(33-17-39)54(52-15-9-10-40(2)38-52)51-36-30-46(31-37-51)44-26-22-42(23-27-44)19-18-41-20-24-43(25-21-41)45-28-34-50(35-29-45)53(47-11-5-3-6-12-47)48-13-7-4-8-14-48/h3-38H,1-2H3/b19-18+. The minimum absolute atomic E-state index is 1.13. The van der Waals surface area contributed by atoms with Crippen molar-refractivity contribution in [2.24, 2.45) is 0 Å². The summed E-state index contributed by atoms with van der Waals surface area (Å²) >= 11 is 0. The number of hydrogen-bond acceptors (Lipinski definition) is 2. The molecule has 8 aromatic carbocycles. The average Bonchev–Trinajstić information content (AvgIpc) is 3.23. The van der Waals surface area contributed by atoms with Crippen LogP contribution in [0.25, 0.3) is 34.4 Å². The van der Waals surface area contributed by atoms with E-state index >= 15 is 0 Å². The maximum Gasteiger partial charge on any atom is 0.0464 e. The molecular formula is C52H42N2. The third kappa shape index (κ3) is 7.79. The quantitative estimate of drug-likeness (QED) is 0.132. The molecule has 0 aliphatic rings. The van der Waals surface area contributed by atoms with E-state index in [4.69, 9.17) is 0 Å². The molecule has 2 heteroatoms. The molecule has 0 aromatic heterocycles. The molecular weight excluding hydrogens is 653 g/mol. The molecule has 2 nitrogen and oxygen atoms in total. The third-order valence-electron chi connectivity index (χ3n) is 9.79. The molecule has 0 heterocycles. The van der Waals surface area contributed by atoms with Crippen molar-refractivity contribution >= 4 is 46.3 Å². The average molecular weight is 695 g/mol. The number of rotatable bonds is 10. The lowest BCUT2D eigenvalue weighted by Crippen LogP contribution is -2.10. The second kappa shape index (κ2) is 15.8. The predicted molar refractivity (Wildman–Crippen MR) is 232 cm³/mol. The van der Waals surface area contributed by atoms with Crippen LogP contribution in [0.3, 0.4) is 0 Å². The number of anilines is 6. The number of benzene rings is 8. The van der Waals surface area contributed by atoms with Crippen LogP contribution in [0.15, 0.2) is 206 Å². The monoisotopic (exact) mass is 694 g/mol. The van der Waals surface area contributed by atoms with Gasteiger partial charge in [0.1, 0.15) is 0 Å². The van der Waals surface area contributed by atoms with Crippen LogP contribution >= 0.6 is 0 Å². The van der Waals surface area contributed by atoms with Gasteiger partial charge < -0.3 is 9.80 Å². The first-order chi connectivity index (χ1) is 26.6.